The highest BCUT2D eigenvalue weighted by atomic mass is 15.0. The molecule has 0 radical (unpaired) electrons. The van der Waals surface area contributed by atoms with E-state index in [0.717, 1.165) is 12.5 Å². The van der Waals surface area contributed by atoms with Gasteiger partial charge in [-0.15, -0.1) is 0 Å². The summed E-state index contributed by atoms with van der Waals surface area (Å²) in [6.07, 6.45) is 7.23. The van der Waals surface area contributed by atoms with Gasteiger partial charge in [-0.2, -0.15) is 0 Å². The van der Waals surface area contributed by atoms with Crippen molar-refractivity contribution in [2.45, 2.75) is 32.4 Å². The van der Waals surface area contributed by atoms with E-state index in [-0.39, 0.29) is 0 Å². The van der Waals surface area contributed by atoms with E-state index in [2.05, 4.69) is 66.6 Å². The van der Waals surface area contributed by atoms with Crippen molar-refractivity contribution in [3.05, 3.63) is 59.4 Å². The monoisotopic (exact) mass is 254 g/mol. The standard InChI is InChI=1S/C17H22N2/c1-13-3-5-14(6-4-13)11-19-10-9-16(12-19)17(18-2)15-7-8-15/h3-6,9-10,12,15,17-18H,7-8,11H2,1-2H3. The first-order chi connectivity index (χ1) is 9.26. The van der Waals surface area contributed by atoms with Crippen molar-refractivity contribution in [1.82, 2.24) is 9.88 Å². The lowest BCUT2D eigenvalue weighted by molar-refractivity contribution is 0.528. The minimum atomic E-state index is 0.541. The van der Waals surface area contributed by atoms with E-state index in [9.17, 15) is 0 Å². The van der Waals surface area contributed by atoms with Gasteiger partial charge in [0.1, 0.15) is 0 Å². The number of nitrogens with one attached hydrogen (secondary N) is 1. The molecule has 1 atom stereocenters. The van der Waals surface area contributed by atoms with Gasteiger partial charge in [-0.3, -0.25) is 0 Å². The summed E-state index contributed by atoms with van der Waals surface area (Å²) in [4.78, 5) is 0. The highest BCUT2D eigenvalue weighted by Crippen LogP contribution is 2.40. The van der Waals surface area contributed by atoms with E-state index in [1.807, 2.05) is 0 Å². The lowest BCUT2D eigenvalue weighted by Gasteiger charge is -2.13. The van der Waals surface area contributed by atoms with Gasteiger partial charge in [0.15, 0.2) is 0 Å². The summed E-state index contributed by atoms with van der Waals surface area (Å²) >= 11 is 0. The number of nitrogens with zero attached hydrogens (tertiary/aromatic N) is 1. The molecule has 0 spiro atoms. The highest BCUT2D eigenvalue weighted by Gasteiger charge is 2.31. The van der Waals surface area contributed by atoms with E-state index in [1.54, 1.807) is 0 Å². The molecule has 1 saturated carbocycles. The number of hydrogen-bond donors (Lipinski definition) is 1. The van der Waals surface area contributed by atoms with Gasteiger partial charge in [0.25, 0.3) is 0 Å². The van der Waals surface area contributed by atoms with Crippen molar-refractivity contribution in [2.24, 2.45) is 5.92 Å². The fourth-order valence-electron chi connectivity index (χ4n) is 2.75. The third-order valence-electron chi connectivity index (χ3n) is 4.02. The fraction of sp³-hybridized carbons (Fsp3) is 0.412. The van der Waals surface area contributed by atoms with Crippen molar-refractivity contribution in [3.8, 4) is 0 Å². The molecule has 1 aliphatic carbocycles. The Balaban J connectivity index is 1.72. The van der Waals surface area contributed by atoms with Crippen LogP contribution in [0, 0.1) is 12.8 Å². The van der Waals surface area contributed by atoms with Gasteiger partial charge >= 0.3 is 0 Å². The van der Waals surface area contributed by atoms with E-state index in [4.69, 9.17) is 0 Å². The van der Waals surface area contributed by atoms with Crippen LogP contribution < -0.4 is 5.32 Å². The Morgan fingerprint density at radius 1 is 1.21 bits per heavy atom. The van der Waals surface area contributed by atoms with Crippen LogP contribution in [0.1, 0.15) is 35.6 Å². The smallest absolute Gasteiger partial charge is 0.0470 e. The van der Waals surface area contributed by atoms with Crippen LogP contribution in [0.25, 0.3) is 0 Å². The van der Waals surface area contributed by atoms with Gasteiger partial charge in [0.2, 0.25) is 0 Å². The number of aromatic nitrogens is 1. The van der Waals surface area contributed by atoms with Crippen LogP contribution >= 0.6 is 0 Å². The van der Waals surface area contributed by atoms with Crippen molar-refractivity contribution in [2.75, 3.05) is 7.05 Å². The largest absolute Gasteiger partial charge is 0.350 e. The summed E-state index contributed by atoms with van der Waals surface area (Å²) in [6, 6.07) is 11.6. The minimum Gasteiger partial charge on any atom is -0.350 e. The molecule has 1 aromatic heterocycles. The molecule has 100 valence electrons. The molecular weight excluding hydrogens is 232 g/mol. The maximum absolute atomic E-state index is 3.45. The van der Waals surface area contributed by atoms with Gasteiger partial charge in [0.05, 0.1) is 0 Å². The first-order valence-electron chi connectivity index (χ1n) is 7.15. The maximum atomic E-state index is 3.45. The molecule has 0 aliphatic heterocycles. The zero-order valence-electron chi connectivity index (χ0n) is 11.8. The normalized spacial score (nSPS) is 16.5. The van der Waals surface area contributed by atoms with Gasteiger partial charge < -0.3 is 9.88 Å². The second-order valence-electron chi connectivity index (χ2n) is 5.71. The predicted octanol–water partition coefficient (Wildman–Crippen LogP) is 3.52. The average Bonchev–Trinajstić information content (AvgIpc) is 3.14. The van der Waals surface area contributed by atoms with E-state index >= 15 is 0 Å². The second-order valence-corrected chi connectivity index (χ2v) is 5.71. The first kappa shape index (κ1) is 12.5. The maximum Gasteiger partial charge on any atom is 0.0470 e. The molecule has 19 heavy (non-hydrogen) atoms. The molecule has 1 unspecified atom stereocenters. The Hall–Kier alpha value is -1.54. The Kier molecular flexibility index (Phi) is 3.43. The highest BCUT2D eigenvalue weighted by molar-refractivity contribution is 5.23. The molecule has 3 rings (SSSR count). The van der Waals surface area contributed by atoms with Crippen LogP contribution in [0.4, 0.5) is 0 Å². The van der Waals surface area contributed by atoms with Crippen LogP contribution in [-0.2, 0) is 6.54 Å². The topological polar surface area (TPSA) is 17.0 Å². The summed E-state index contributed by atoms with van der Waals surface area (Å²) in [5.74, 6) is 0.847. The summed E-state index contributed by atoms with van der Waals surface area (Å²) < 4.78 is 2.28. The zero-order valence-corrected chi connectivity index (χ0v) is 11.8. The third kappa shape index (κ3) is 2.90. The quantitative estimate of drug-likeness (QED) is 0.864. The number of aryl methyl sites for hydroxylation is 1. The first-order valence-corrected chi connectivity index (χ1v) is 7.15. The van der Waals surface area contributed by atoms with Crippen LogP contribution in [0.15, 0.2) is 42.7 Å². The minimum absolute atomic E-state index is 0.541. The molecule has 0 saturated heterocycles. The van der Waals surface area contributed by atoms with Gasteiger partial charge in [0, 0.05) is 25.0 Å². The molecule has 1 N–H and O–H groups in total. The fourth-order valence-corrected chi connectivity index (χ4v) is 2.75. The summed E-state index contributed by atoms with van der Waals surface area (Å²) in [7, 11) is 2.07. The summed E-state index contributed by atoms with van der Waals surface area (Å²) in [5.41, 5.74) is 4.11. The number of benzene rings is 1. The third-order valence-corrected chi connectivity index (χ3v) is 4.02. The molecule has 0 amide bonds. The molecular formula is C17H22N2. The molecule has 1 aromatic carbocycles. The number of hydrogen-bond acceptors (Lipinski definition) is 1. The molecule has 1 heterocycles. The van der Waals surface area contributed by atoms with Crippen LogP contribution in [0.2, 0.25) is 0 Å². The predicted molar refractivity (Wildman–Crippen MR) is 79.2 cm³/mol. The average molecular weight is 254 g/mol. The molecule has 2 aromatic rings. The Morgan fingerprint density at radius 2 is 1.95 bits per heavy atom. The van der Waals surface area contributed by atoms with Crippen molar-refractivity contribution >= 4 is 0 Å². The summed E-state index contributed by atoms with van der Waals surface area (Å²) in [5, 5.41) is 3.45. The zero-order chi connectivity index (χ0) is 13.2. The lowest BCUT2D eigenvalue weighted by Crippen LogP contribution is -2.17. The number of rotatable bonds is 5. The van der Waals surface area contributed by atoms with Crippen molar-refractivity contribution in [1.29, 1.82) is 0 Å². The molecule has 2 nitrogen and oxygen atoms in total. The molecule has 0 bridgehead atoms. The molecule has 1 aliphatic rings. The Labute approximate surface area is 115 Å². The SMILES string of the molecule is CNC(c1ccn(Cc2ccc(C)cc2)c1)C1CC1. The van der Waals surface area contributed by atoms with Crippen molar-refractivity contribution in [3.63, 3.8) is 0 Å². The van der Waals surface area contributed by atoms with Crippen LogP contribution in [-0.4, -0.2) is 11.6 Å². The summed E-state index contributed by atoms with van der Waals surface area (Å²) in [6.45, 7) is 3.09. The van der Waals surface area contributed by atoms with Gasteiger partial charge in [-0.25, -0.2) is 0 Å². The molecule has 1 fully saturated rings. The van der Waals surface area contributed by atoms with Crippen LogP contribution in [0.5, 0.6) is 0 Å². The Bertz CT molecular complexity index is 535. The van der Waals surface area contributed by atoms with Crippen LogP contribution in [0.3, 0.4) is 0 Å². The second kappa shape index (κ2) is 5.22. The van der Waals surface area contributed by atoms with E-state index in [0.29, 0.717) is 6.04 Å². The molecule has 2 heteroatoms. The van der Waals surface area contributed by atoms with Crippen molar-refractivity contribution < 1.29 is 0 Å². The van der Waals surface area contributed by atoms with E-state index < -0.39 is 0 Å². The Morgan fingerprint density at radius 3 is 2.58 bits per heavy atom. The van der Waals surface area contributed by atoms with Gasteiger partial charge in [-0.1, -0.05) is 29.8 Å². The lowest BCUT2D eigenvalue weighted by atomic mass is 10.1. The van der Waals surface area contributed by atoms with E-state index in [1.165, 1.54) is 29.5 Å². The van der Waals surface area contributed by atoms with Gasteiger partial charge in [-0.05, 0) is 49.9 Å².